The second-order valence-electron chi connectivity index (χ2n) is 4.79. The monoisotopic (exact) mass is 310 g/mol. The minimum atomic E-state index is -3.66. The van der Waals surface area contributed by atoms with Gasteiger partial charge >= 0.3 is 0 Å². The first-order valence-electron chi connectivity index (χ1n) is 6.55. The number of aromatic nitrogens is 3. The largest absolute Gasteiger partial charge is 0.363 e. The van der Waals surface area contributed by atoms with Gasteiger partial charge in [-0.15, -0.1) is 0 Å². The van der Waals surface area contributed by atoms with Gasteiger partial charge in [-0.3, -0.25) is 4.79 Å². The third kappa shape index (κ3) is 2.88. The molecule has 0 unspecified atom stereocenters. The van der Waals surface area contributed by atoms with E-state index in [1.54, 1.807) is 6.07 Å². The molecule has 0 saturated carbocycles. The summed E-state index contributed by atoms with van der Waals surface area (Å²) < 4.78 is 31.8. The van der Waals surface area contributed by atoms with Gasteiger partial charge in [0.05, 0.1) is 18.4 Å². The highest BCUT2D eigenvalue weighted by atomic mass is 32.2. The molecule has 1 aliphatic carbocycles. The van der Waals surface area contributed by atoms with Crippen molar-refractivity contribution in [2.45, 2.75) is 30.7 Å². The molecule has 9 heteroatoms. The molecule has 2 aromatic heterocycles. The van der Waals surface area contributed by atoms with Gasteiger partial charge in [0.1, 0.15) is 11.2 Å². The second-order valence-corrected chi connectivity index (χ2v) is 6.56. The molecule has 0 amide bonds. The van der Waals surface area contributed by atoms with Crippen LogP contribution in [0.3, 0.4) is 0 Å². The van der Waals surface area contributed by atoms with Gasteiger partial charge in [-0.05, 0) is 24.8 Å². The smallest absolute Gasteiger partial charge is 0.267 e. The molecule has 1 N–H and O–H groups in total. The molecule has 0 aromatic carbocycles. The minimum absolute atomic E-state index is 0.0447. The molecule has 0 atom stereocenters. The van der Waals surface area contributed by atoms with Crippen LogP contribution >= 0.6 is 0 Å². The number of rotatable bonds is 5. The molecule has 112 valence electrons. The van der Waals surface area contributed by atoms with Gasteiger partial charge in [0.25, 0.3) is 5.56 Å². The normalized spacial score (nSPS) is 14.3. The number of nitrogens with zero attached hydrogens (tertiary/aromatic N) is 3. The van der Waals surface area contributed by atoms with Crippen molar-refractivity contribution < 1.29 is 12.9 Å². The average Bonchev–Trinajstić information content (AvgIpc) is 3.08. The summed E-state index contributed by atoms with van der Waals surface area (Å²) >= 11 is 0. The van der Waals surface area contributed by atoms with Crippen molar-refractivity contribution in [3.05, 3.63) is 40.1 Å². The quantitative estimate of drug-likeness (QED) is 0.812. The summed E-state index contributed by atoms with van der Waals surface area (Å²) in [5, 5.41) is 7.62. The molecule has 0 bridgehead atoms. The number of sulfonamides is 1. The summed E-state index contributed by atoms with van der Waals surface area (Å²) in [6, 6.07) is 1.59. The van der Waals surface area contributed by atoms with Gasteiger partial charge < -0.3 is 4.52 Å². The predicted molar refractivity (Wildman–Crippen MR) is 72.2 cm³/mol. The van der Waals surface area contributed by atoms with Gasteiger partial charge in [-0.1, -0.05) is 5.16 Å². The topological polar surface area (TPSA) is 107 Å². The van der Waals surface area contributed by atoms with Crippen LogP contribution in [0.15, 0.2) is 32.7 Å². The highest BCUT2D eigenvalue weighted by Crippen LogP contribution is 2.16. The van der Waals surface area contributed by atoms with Crippen LogP contribution in [0.2, 0.25) is 0 Å². The lowest BCUT2D eigenvalue weighted by Gasteiger charge is -2.07. The molecule has 2 aromatic rings. The highest BCUT2D eigenvalue weighted by Gasteiger charge is 2.17. The van der Waals surface area contributed by atoms with Crippen LogP contribution in [0.1, 0.15) is 17.7 Å². The van der Waals surface area contributed by atoms with E-state index < -0.39 is 10.0 Å². The van der Waals surface area contributed by atoms with Crippen molar-refractivity contribution in [1.82, 2.24) is 19.7 Å². The lowest BCUT2D eigenvalue weighted by atomic mass is 10.2. The second kappa shape index (κ2) is 5.41. The number of aryl methyl sites for hydroxylation is 2. The summed E-state index contributed by atoms with van der Waals surface area (Å²) in [6.07, 6.45) is 4.91. The molecular formula is C12H14N4O4S. The molecule has 3 rings (SSSR count). The summed E-state index contributed by atoms with van der Waals surface area (Å²) in [7, 11) is -3.66. The molecule has 0 aliphatic heterocycles. The first-order chi connectivity index (χ1) is 10.1. The Bertz CT molecular complexity index is 795. The van der Waals surface area contributed by atoms with E-state index in [9.17, 15) is 13.2 Å². The lowest BCUT2D eigenvalue weighted by Crippen LogP contribution is -2.32. The van der Waals surface area contributed by atoms with Crippen molar-refractivity contribution in [2.75, 3.05) is 6.54 Å². The fourth-order valence-corrected chi connectivity index (χ4v) is 3.17. The number of fused-ring (bicyclic) bond motifs is 1. The fraction of sp³-hybridized carbons (Fsp3) is 0.417. The van der Waals surface area contributed by atoms with Crippen LogP contribution in [-0.4, -0.2) is 29.9 Å². The van der Waals surface area contributed by atoms with E-state index in [2.05, 4.69) is 19.5 Å². The Morgan fingerprint density at radius 2 is 2.24 bits per heavy atom. The zero-order valence-corrected chi connectivity index (χ0v) is 12.0. The van der Waals surface area contributed by atoms with Crippen LogP contribution < -0.4 is 10.3 Å². The first-order valence-corrected chi connectivity index (χ1v) is 8.03. The molecule has 21 heavy (non-hydrogen) atoms. The SMILES string of the molecule is O=c1cc2c(nn1CCNS(=O)(=O)c1cnoc1)CCC2. The molecule has 0 saturated heterocycles. The van der Waals surface area contributed by atoms with E-state index in [4.69, 9.17) is 0 Å². The van der Waals surface area contributed by atoms with Crippen LogP contribution in [0.25, 0.3) is 0 Å². The Balaban J connectivity index is 1.68. The summed E-state index contributed by atoms with van der Waals surface area (Å²) in [6.45, 7) is 0.246. The van der Waals surface area contributed by atoms with E-state index in [-0.39, 0.29) is 23.5 Å². The average molecular weight is 310 g/mol. The molecule has 8 nitrogen and oxygen atoms in total. The number of nitrogens with one attached hydrogen (secondary N) is 1. The Kier molecular flexibility index (Phi) is 3.60. The Morgan fingerprint density at radius 3 is 3.00 bits per heavy atom. The number of hydrogen-bond donors (Lipinski definition) is 1. The van der Waals surface area contributed by atoms with Crippen molar-refractivity contribution in [3.63, 3.8) is 0 Å². The van der Waals surface area contributed by atoms with E-state index in [0.717, 1.165) is 43.0 Å². The Morgan fingerprint density at radius 1 is 1.38 bits per heavy atom. The Hall–Kier alpha value is -2.00. The van der Waals surface area contributed by atoms with E-state index >= 15 is 0 Å². The van der Waals surface area contributed by atoms with Crippen molar-refractivity contribution in [2.24, 2.45) is 0 Å². The van der Waals surface area contributed by atoms with Gasteiger partial charge in [-0.2, -0.15) is 5.10 Å². The fourth-order valence-electron chi connectivity index (χ4n) is 2.30. The van der Waals surface area contributed by atoms with Crippen molar-refractivity contribution in [1.29, 1.82) is 0 Å². The first kappa shape index (κ1) is 14.0. The molecule has 0 radical (unpaired) electrons. The maximum atomic E-state index is 11.9. The van der Waals surface area contributed by atoms with E-state index in [1.807, 2.05) is 0 Å². The van der Waals surface area contributed by atoms with E-state index in [1.165, 1.54) is 4.68 Å². The summed E-state index contributed by atoms with van der Waals surface area (Å²) in [5.41, 5.74) is 1.72. The van der Waals surface area contributed by atoms with Gasteiger partial charge in [0.2, 0.25) is 10.0 Å². The standard InChI is InChI=1S/C12H14N4O4S/c17-12-6-9-2-1-3-11(9)15-16(12)5-4-14-21(18,19)10-7-13-20-8-10/h6-8,14H,1-5H2. The summed E-state index contributed by atoms with van der Waals surface area (Å²) in [5.74, 6) is 0. The van der Waals surface area contributed by atoms with Crippen LogP contribution in [0.5, 0.6) is 0 Å². The third-order valence-electron chi connectivity index (χ3n) is 3.36. The minimum Gasteiger partial charge on any atom is -0.363 e. The van der Waals surface area contributed by atoms with Crippen molar-refractivity contribution >= 4 is 10.0 Å². The molecular weight excluding hydrogens is 296 g/mol. The van der Waals surface area contributed by atoms with Gasteiger partial charge in [-0.25, -0.2) is 17.8 Å². The van der Waals surface area contributed by atoms with Crippen LogP contribution in [0.4, 0.5) is 0 Å². The molecule has 1 aliphatic rings. The van der Waals surface area contributed by atoms with Crippen molar-refractivity contribution in [3.8, 4) is 0 Å². The van der Waals surface area contributed by atoms with Crippen LogP contribution in [0, 0.1) is 0 Å². The van der Waals surface area contributed by atoms with Gasteiger partial charge in [0.15, 0.2) is 0 Å². The predicted octanol–water partition coefficient (Wildman–Crippen LogP) is -0.302. The highest BCUT2D eigenvalue weighted by molar-refractivity contribution is 7.89. The van der Waals surface area contributed by atoms with E-state index in [0.29, 0.717) is 0 Å². The molecule has 0 spiro atoms. The molecule has 2 heterocycles. The maximum Gasteiger partial charge on any atom is 0.267 e. The number of hydrogen-bond acceptors (Lipinski definition) is 6. The zero-order valence-electron chi connectivity index (χ0n) is 11.2. The zero-order chi connectivity index (χ0) is 14.9. The van der Waals surface area contributed by atoms with Gasteiger partial charge in [0, 0.05) is 12.6 Å². The lowest BCUT2D eigenvalue weighted by molar-refractivity contribution is 0.417. The Labute approximate surface area is 120 Å². The molecule has 0 fully saturated rings. The summed E-state index contributed by atoms with van der Waals surface area (Å²) in [4.78, 5) is 11.8. The third-order valence-corrected chi connectivity index (χ3v) is 4.77. The van der Waals surface area contributed by atoms with Crippen LogP contribution in [-0.2, 0) is 29.4 Å². The maximum absolute atomic E-state index is 11.9.